The summed E-state index contributed by atoms with van der Waals surface area (Å²) in [6.45, 7) is 8.00. The van der Waals surface area contributed by atoms with E-state index in [0.717, 1.165) is 4.47 Å². The van der Waals surface area contributed by atoms with Crippen molar-refractivity contribution in [2.24, 2.45) is 0 Å². The van der Waals surface area contributed by atoms with Gasteiger partial charge < -0.3 is 4.74 Å². The highest BCUT2D eigenvalue weighted by atomic mass is 127. The SMILES string of the molecule is CC.CC.COC(=O)c1cc(Br)ccc1C#CSI. The second kappa shape index (κ2) is 14.2. The fourth-order valence-corrected chi connectivity index (χ4v) is 1.82. The smallest absolute Gasteiger partial charge is 0.339 e. The molecule has 0 amide bonds. The molecule has 0 unspecified atom stereocenters. The van der Waals surface area contributed by atoms with Crippen LogP contribution in [0, 0.1) is 11.2 Å². The van der Waals surface area contributed by atoms with E-state index in [4.69, 9.17) is 0 Å². The molecule has 1 rings (SSSR count). The Bertz CT molecular complexity index is 439. The van der Waals surface area contributed by atoms with Gasteiger partial charge in [0.1, 0.15) is 0 Å². The van der Waals surface area contributed by atoms with Crippen molar-refractivity contribution in [1.29, 1.82) is 0 Å². The molecule has 0 aliphatic heterocycles. The molecule has 0 aliphatic carbocycles. The van der Waals surface area contributed by atoms with Gasteiger partial charge >= 0.3 is 5.97 Å². The summed E-state index contributed by atoms with van der Waals surface area (Å²) in [5, 5.41) is 2.83. The number of methoxy groups -OCH3 is 1. The molecule has 0 radical (unpaired) electrons. The van der Waals surface area contributed by atoms with E-state index >= 15 is 0 Å². The van der Waals surface area contributed by atoms with Crippen LogP contribution in [0.2, 0.25) is 0 Å². The molecule has 106 valence electrons. The lowest BCUT2D eigenvalue weighted by atomic mass is 10.1. The Morgan fingerprint density at radius 3 is 2.37 bits per heavy atom. The lowest BCUT2D eigenvalue weighted by molar-refractivity contribution is 0.0600. The topological polar surface area (TPSA) is 26.3 Å². The van der Waals surface area contributed by atoms with Gasteiger partial charge in [0.2, 0.25) is 0 Å². The Morgan fingerprint density at radius 2 is 1.89 bits per heavy atom. The predicted molar refractivity (Wildman–Crippen MR) is 96.7 cm³/mol. The zero-order valence-electron chi connectivity index (χ0n) is 11.7. The van der Waals surface area contributed by atoms with Crippen LogP contribution in [-0.2, 0) is 4.74 Å². The van der Waals surface area contributed by atoms with E-state index in [-0.39, 0.29) is 5.97 Å². The fraction of sp³-hybridized carbons (Fsp3) is 0.357. The van der Waals surface area contributed by atoms with Crippen LogP contribution in [0.1, 0.15) is 43.6 Å². The number of carbonyl (C=O) groups is 1. The van der Waals surface area contributed by atoms with Crippen molar-refractivity contribution in [2.45, 2.75) is 27.7 Å². The van der Waals surface area contributed by atoms with Gasteiger partial charge in [0.05, 0.1) is 12.7 Å². The standard InChI is InChI=1S/C10H6BrIO2S.2C2H6/c1-14-10(13)9-6-8(11)3-2-7(9)4-5-15-12;2*1-2/h2-3,6H,1H3;2*1-2H3. The average Bonchev–Trinajstić information content (AvgIpc) is 2.49. The number of esters is 1. The maximum Gasteiger partial charge on any atom is 0.339 e. The molecule has 0 saturated heterocycles. The van der Waals surface area contributed by atoms with E-state index in [2.05, 4.69) is 53.0 Å². The van der Waals surface area contributed by atoms with Gasteiger partial charge in [0.25, 0.3) is 0 Å². The quantitative estimate of drug-likeness (QED) is 0.309. The molecule has 2 nitrogen and oxygen atoms in total. The van der Waals surface area contributed by atoms with Gasteiger partial charge in [-0.3, -0.25) is 0 Å². The van der Waals surface area contributed by atoms with Gasteiger partial charge in [-0.2, -0.15) is 0 Å². The maximum atomic E-state index is 11.4. The minimum atomic E-state index is -0.376. The molecule has 19 heavy (non-hydrogen) atoms. The lowest BCUT2D eigenvalue weighted by Gasteiger charge is -2.02. The summed E-state index contributed by atoms with van der Waals surface area (Å²) >= 11 is 5.38. The molecule has 0 atom stereocenters. The molecule has 0 spiro atoms. The number of ether oxygens (including phenoxy) is 1. The molecule has 0 bridgehead atoms. The first-order valence-corrected chi connectivity index (χ1v) is 10.0. The second-order valence-electron chi connectivity index (χ2n) is 2.49. The third-order valence-corrected chi connectivity index (χ3v) is 2.94. The van der Waals surface area contributed by atoms with Crippen LogP contribution in [0.25, 0.3) is 0 Å². The van der Waals surface area contributed by atoms with Gasteiger partial charge in [-0.05, 0) is 32.4 Å². The highest BCUT2D eigenvalue weighted by Gasteiger charge is 2.10. The van der Waals surface area contributed by atoms with Gasteiger partial charge in [0.15, 0.2) is 0 Å². The zero-order chi connectivity index (χ0) is 15.3. The zero-order valence-corrected chi connectivity index (χ0v) is 16.3. The molecule has 0 saturated carbocycles. The highest BCUT2D eigenvalue weighted by Crippen LogP contribution is 2.17. The van der Waals surface area contributed by atoms with Crippen molar-refractivity contribution in [1.82, 2.24) is 0 Å². The van der Waals surface area contributed by atoms with Gasteiger partial charge in [0, 0.05) is 31.2 Å². The van der Waals surface area contributed by atoms with Crippen LogP contribution in [0.3, 0.4) is 0 Å². The summed E-state index contributed by atoms with van der Waals surface area (Å²) in [7, 11) is 2.73. The van der Waals surface area contributed by atoms with Crippen molar-refractivity contribution in [3.63, 3.8) is 0 Å². The fourth-order valence-electron chi connectivity index (χ4n) is 0.979. The van der Waals surface area contributed by atoms with Crippen molar-refractivity contribution < 1.29 is 9.53 Å². The summed E-state index contributed by atoms with van der Waals surface area (Å²) < 4.78 is 5.50. The normalized spacial score (nSPS) is 7.74. The van der Waals surface area contributed by atoms with E-state index in [1.54, 1.807) is 12.1 Å². The van der Waals surface area contributed by atoms with Crippen molar-refractivity contribution in [3.8, 4) is 11.2 Å². The Balaban J connectivity index is 0. The molecule has 0 aromatic heterocycles. The van der Waals surface area contributed by atoms with E-state index in [9.17, 15) is 4.79 Å². The minimum absolute atomic E-state index is 0.376. The number of hydrogen-bond donors (Lipinski definition) is 0. The molecular formula is C14H18BrIO2S. The van der Waals surface area contributed by atoms with Crippen LogP contribution < -0.4 is 0 Å². The first kappa shape index (κ1) is 21.1. The third-order valence-electron chi connectivity index (χ3n) is 1.61. The third kappa shape index (κ3) is 8.56. The second-order valence-corrected chi connectivity index (χ2v) is 5.08. The van der Waals surface area contributed by atoms with E-state index in [0.29, 0.717) is 11.1 Å². The molecule has 5 heteroatoms. The number of benzene rings is 1. The molecule has 1 aromatic rings. The van der Waals surface area contributed by atoms with Crippen molar-refractivity contribution in [2.75, 3.05) is 7.11 Å². The van der Waals surface area contributed by atoms with Crippen molar-refractivity contribution >= 4 is 52.0 Å². The first-order valence-electron chi connectivity index (χ1n) is 5.85. The van der Waals surface area contributed by atoms with E-state index in [1.165, 1.54) is 16.0 Å². The number of carbonyl (C=O) groups excluding carboxylic acids is 1. The Labute approximate surface area is 140 Å². The Morgan fingerprint density at radius 1 is 1.32 bits per heavy atom. The number of rotatable bonds is 1. The van der Waals surface area contributed by atoms with Gasteiger partial charge in [-0.15, -0.1) is 0 Å². The lowest BCUT2D eigenvalue weighted by Crippen LogP contribution is -2.03. The average molecular weight is 457 g/mol. The Kier molecular flexibility index (Phi) is 15.8. The van der Waals surface area contributed by atoms with Gasteiger partial charge in [-0.1, -0.05) is 49.5 Å². The summed E-state index contributed by atoms with van der Waals surface area (Å²) in [4.78, 5) is 11.4. The number of halogens is 2. The maximum absolute atomic E-state index is 11.4. The molecule has 0 heterocycles. The minimum Gasteiger partial charge on any atom is -0.465 e. The predicted octanol–water partition coefficient (Wildman–Crippen LogP) is 5.68. The summed E-state index contributed by atoms with van der Waals surface area (Å²) in [5.74, 6) is 2.51. The first-order chi connectivity index (χ1) is 9.19. The van der Waals surface area contributed by atoms with E-state index in [1.807, 2.05) is 33.8 Å². The Hall–Kier alpha value is -0.190. The van der Waals surface area contributed by atoms with Crippen LogP contribution >= 0.6 is 46.1 Å². The van der Waals surface area contributed by atoms with Crippen LogP contribution in [0.5, 0.6) is 0 Å². The van der Waals surface area contributed by atoms with E-state index < -0.39 is 0 Å². The molecule has 0 aliphatic rings. The van der Waals surface area contributed by atoms with Crippen LogP contribution in [0.4, 0.5) is 0 Å². The summed E-state index contributed by atoms with van der Waals surface area (Å²) in [6.07, 6.45) is 0. The monoisotopic (exact) mass is 456 g/mol. The number of hydrogen-bond acceptors (Lipinski definition) is 3. The molecule has 0 fully saturated rings. The van der Waals surface area contributed by atoms with Crippen LogP contribution in [-0.4, -0.2) is 13.1 Å². The summed E-state index contributed by atoms with van der Waals surface area (Å²) in [5.41, 5.74) is 1.15. The van der Waals surface area contributed by atoms with Gasteiger partial charge in [-0.25, -0.2) is 4.79 Å². The van der Waals surface area contributed by atoms with Crippen molar-refractivity contribution in [3.05, 3.63) is 33.8 Å². The largest absolute Gasteiger partial charge is 0.465 e. The molecule has 0 N–H and O–H groups in total. The highest BCUT2D eigenvalue weighted by molar-refractivity contribution is 14.2. The molecule has 1 aromatic carbocycles. The van der Waals surface area contributed by atoms with Crippen LogP contribution in [0.15, 0.2) is 22.7 Å². The summed E-state index contributed by atoms with van der Waals surface area (Å²) in [6, 6.07) is 5.33. The molecular weight excluding hydrogens is 439 g/mol.